The Balaban J connectivity index is 1.62. The van der Waals surface area contributed by atoms with E-state index in [0.717, 1.165) is 16.2 Å². The summed E-state index contributed by atoms with van der Waals surface area (Å²) in [5, 5.41) is 5.53. The average molecular weight is 369 g/mol. The van der Waals surface area contributed by atoms with E-state index in [1.54, 1.807) is 0 Å². The van der Waals surface area contributed by atoms with Crippen LogP contribution >= 0.6 is 23.1 Å². The molecule has 0 bridgehead atoms. The van der Waals surface area contributed by atoms with Crippen molar-refractivity contribution in [3.63, 3.8) is 0 Å². The summed E-state index contributed by atoms with van der Waals surface area (Å²) in [6.45, 7) is 6.20. The number of carbonyl (C=O) groups excluding carboxylic acids is 1. The van der Waals surface area contributed by atoms with Crippen molar-refractivity contribution in [2.24, 2.45) is 0 Å². The molecule has 0 aliphatic heterocycles. The van der Waals surface area contributed by atoms with Gasteiger partial charge in [-0.1, -0.05) is 35.4 Å². The lowest BCUT2D eigenvalue weighted by molar-refractivity contribution is -0.113. The molecule has 0 saturated heterocycles. The van der Waals surface area contributed by atoms with Gasteiger partial charge in [0, 0.05) is 15.8 Å². The third kappa shape index (κ3) is 4.71. The largest absolute Gasteiger partial charge is 0.301 e. The van der Waals surface area contributed by atoms with E-state index in [9.17, 15) is 4.79 Å². The summed E-state index contributed by atoms with van der Waals surface area (Å²) in [6.07, 6.45) is 0. The third-order valence-electron chi connectivity index (χ3n) is 3.81. The summed E-state index contributed by atoms with van der Waals surface area (Å²) in [5.41, 5.74) is 5.63. The number of thioether (sulfide) groups is 1. The molecule has 0 spiro atoms. The molecule has 0 unspecified atom stereocenters. The Morgan fingerprint density at radius 3 is 2.56 bits per heavy atom. The Hall–Kier alpha value is -2.11. The number of aryl methyl sites for hydroxylation is 3. The first-order valence-electron chi connectivity index (χ1n) is 8.04. The highest BCUT2D eigenvalue weighted by Gasteiger charge is 2.10. The standard InChI is InChI=1S/C20H20N2OS2/c1-13-5-8-16(9-6-13)24-12-19(23)22-20-21-18(11-25-20)17-10-14(2)4-7-15(17)3/h4-11H,12H2,1-3H3,(H,21,22,23). The molecular formula is C20H20N2OS2. The van der Waals surface area contributed by atoms with Gasteiger partial charge in [0.15, 0.2) is 5.13 Å². The smallest absolute Gasteiger partial charge is 0.236 e. The second kappa shape index (κ2) is 7.85. The zero-order valence-electron chi connectivity index (χ0n) is 14.5. The van der Waals surface area contributed by atoms with Gasteiger partial charge in [0.25, 0.3) is 0 Å². The number of carbonyl (C=O) groups is 1. The van der Waals surface area contributed by atoms with Crippen molar-refractivity contribution in [2.45, 2.75) is 25.7 Å². The number of thiazole rings is 1. The van der Waals surface area contributed by atoms with Gasteiger partial charge in [-0.15, -0.1) is 23.1 Å². The van der Waals surface area contributed by atoms with E-state index in [1.807, 2.05) is 17.5 Å². The van der Waals surface area contributed by atoms with Crippen molar-refractivity contribution in [3.05, 3.63) is 64.5 Å². The number of hydrogen-bond donors (Lipinski definition) is 1. The first-order valence-corrected chi connectivity index (χ1v) is 9.90. The number of nitrogens with zero attached hydrogens (tertiary/aromatic N) is 1. The molecule has 0 atom stereocenters. The first-order chi connectivity index (χ1) is 12.0. The number of rotatable bonds is 5. The van der Waals surface area contributed by atoms with Crippen molar-refractivity contribution in [1.29, 1.82) is 0 Å². The van der Waals surface area contributed by atoms with Crippen LogP contribution in [0.25, 0.3) is 11.3 Å². The van der Waals surface area contributed by atoms with Crippen molar-refractivity contribution in [1.82, 2.24) is 4.98 Å². The van der Waals surface area contributed by atoms with Gasteiger partial charge in [-0.05, 0) is 44.5 Å². The molecule has 3 nitrogen and oxygen atoms in total. The lowest BCUT2D eigenvalue weighted by Crippen LogP contribution is -2.13. The van der Waals surface area contributed by atoms with Crippen LogP contribution in [0.5, 0.6) is 0 Å². The highest BCUT2D eigenvalue weighted by Crippen LogP contribution is 2.28. The maximum absolute atomic E-state index is 12.2. The summed E-state index contributed by atoms with van der Waals surface area (Å²) < 4.78 is 0. The summed E-state index contributed by atoms with van der Waals surface area (Å²) in [5.74, 6) is 0.342. The van der Waals surface area contributed by atoms with Crippen LogP contribution in [-0.2, 0) is 4.79 Å². The van der Waals surface area contributed by atoms with Crippen LogP contribution in [0.4, 0.5) is 5.13 Å². The number of benzene rings is 2. The molecule has 25 heavy (non-hydrogen) atoms. The van der Waals surface area contributed by atoms with Gasteiger partial charge >= 0.3 is 0 Å². The molecule has 0 radical (unpaired) electrons. The Morgan fingerprint density at radius 1 is 1.08 bits per heavy atom. The van der Waals surface area contributed by atoms with Gasteiger partial charge in [-0.25, -0.2) is 4.98 Å². The molecular weight excluding hydrogens is 348 g/mol. The van der Waals surface area contributed by atoms with E-state index in [-0.39, 0.29) is 5.91 Å². The number of aromatic nitrogens is 1. The van der Waals surface area contributed by atoms with E-state index in [1.165, 1.54) is 39.8 Å². The maximum Gasteiger partial charge on any atom is 0.236 e. The minimum absolute atomic E-state index is 0.0348. The van der Waals surface area contributed by atoms with E-state index in [0.29, 0.717) is 10.9 Å². The monoisotopic (exact) mass is 368 g/mol. The zero-order valence-corrected chi connectivity index (χ0v) is 16.1. The summed E-state index contributed by atoms with van der Waals surface area (Å²) >= 11 is 2.99. The molecule has 2 aromatic carbocycles. The van der Waals surface area contributed by atoms with Gasteiger partial charge in [-0.3, -0.25) is 4.79 Å². The van der Waals surface area contributed by atoms with Gasteiger partial charge in [0.2, 0.25) is 5.91 Å². The van der Waals surface area contributed by atoms with Crippen molar-refractivity contribution >= 4 is 34.1 Å². The molecule has 0 aliphatic carbocycles. The fraction of sp³-hybridized carbons (Fsp3) is 0.200. The number of nitrogens with one attached hydrogen (secondary N) is 1. The topological polar surface area (TPSA) is 42.0 Å². The Labute approximate surface area is 156 Å². The SMILES string of the molecule is Cc1ccc(SCC(=O)Nc2nc(-c3cc(C)ccc3C)cs2)cc1. The van der Waals surface area contributed by atoms with Crippen LogP contribution in [0, 0.1) is 20.8 Å². The Bertz CT molecular complexity index is 885. The third-order valence-corrected chi connectivity index (χ3v) is 5.58. The highest BCUT2D eigenvalue weighted by molar-refractivity contribution is 8.00. The molecule has 1 heterocycles. The summed E-state index contributed by atoms with van der Waals surface area (Å²) in [7, 11) is 0. The second-order valence-electron chi connectivity index (χ2n) is 6.01. The number of anilines is 1. The predicted octanol–water partition coefficient (Wildman–Crippen LogP) is 5.47. The molecule has 0 fully saturated rings. The predicted molar refractivity (Wildman–Crippen MR) is 108 cm³/mol. The molecule has 128 valence electrons. The van der Waals surface area contributed by atoms with Gasteiger partial charge in [0.1, 0.15) is 0 Å². The maximum atomic E-state index is 12.2. The Morgan fingerprint density at radius 2 is 1.80 bits per heavy atom. The first kappa shape index (κ1) is 17.7. The fourth-order valence-electron chi connectivity index (χ4n) is 2.41. The van der Waals surface area contributed by atoms with Gasteiger partial charge in [0.05, 0.1) is 11.4 Å². The van der Waals surface area contributed by atoms with Crippen molar-refractivity contribution in [2.75, 3.05) is 11.1 Å². The number of amides is 1. The molecule has 5 heteroatoms. The minimum atomic E-state index is -0.0348. The van der Waals surface area contributed by atoms with Crippen LogP contribution in [0.3, 0.4) is 0 Å². The average Bonchev–Trinajstić information content (AvgIpc) is 3.05. The van der Waals surface area contributed by atoms with Crippen LogP contribution in [0.2, 0.25) is 0 Å². The summed E-state index contributed by atoms with van der Waals surface area (Å²) in [6, 6.07) is 14.5. The van der Waals surface area contributed by atoms with Gasteiger partial charge < -0.3 is 5.32 Å². The van der Waals surface area contributed by atoms with Crippen LogP contribution in [-0.4, -0.2) is 16.6 Å². The quantitative estimate of drug-likeness (QED) is 0.608. The lowest BCUT2D eigenvalue weighted by atomic mass is 10.0. The zero-order chi connectivity index (χ0) is 17.8. The molecule has 0 saturated carbocycles. The van der Waals surface area contributed by atoms with Crippen molar-refractivity contribution < 1.29 is 4.79 Å². The van der Waals surface area contributed by atoms with Crippen LogP contribution in [0.1, 0.15) is 16.7 Å². The minimum Gasteiger partial charge on any atom is -0.301 e. The van der Waals surface area contributed by atoms with E-state index < -0.39 is 0 Å². The molecule has 0 aliphatic rings. The lowest BCUT2D eigenvalue weighted by Gasteiger charge is -2.04. The second-order valence-corrected chi connectivity index (χ2v) is 7.91. The van der Waals surface area contributed by atoms with E-state index >= 15 is 0 Å². The molecule has 1 N–H and O–H groups in total. The highest BCUT2D eigenvalue weighted by atomic mass is 32.2. The van der Waals surface area contributed by atoms with E-state index in [4.69, 9.17) is 0 Å². The van der Waals surface area contributed by atoms with Crippen molar-refractivity contribution in [3.8, 4) is 11.3 Å². The van der Waals surface area contributed by atoms with Crippen LogP contribution in [0.15, 0.2) is 52.7 Å². The number of hydrogen-bond acceptors (Lipinski definition) is 4. The normalized spacial score (nSPS) is 10.7. The van der Waals surface area contributed by atoms with Crippen LogP contribution < -0.4 is 5.32 Å². The molecule has 3 rings (SSSR count). The fourth-order valence-corrected chi connectivity index (χ4v) is 3.83. The summed E-state index contributed by atoms with van der Waals surface area (Å²) in [4.78, 5) is 17.8. The molecule has 1 amide bonds. The Kier molecular flexibility index (Phi) is 5.56. The molecule has 1 aromatic heterocycles. The van der Waals surface area contributed by atoms with Gasteiger partial charge in [-0.2, -0.15) is 0 Å². The molecule has 3 aromatic rings. The van der Waals surface area contributed by atoms with E-state index in [2.05, 4.69) is 61.4 Å².